The molecule has 1 fully saturated rings. The van der Waals surface area contributed by atoms with Crippen molar-refractivity contribution in [1.29, 1.82) is 0 Å². The van der Waals surface area contributed by atoms with Crippen LogP contribution in [0.2, 0.25) is 0 Å². The van der Waals surface area contributed by atoms with Crippen LogP contribution in [0.1, 0.15) is 12.0 Å². The summed E-state index contributed by atoms with van der Waals surface area (Å²) >= 11 is 0. The predicted molar refractivity (Wildman–Crippen MR) is 86.9 cm³/mol. The van der Waals surface area contributed by atoms with Crippen LogP contribution in [0.25, 0.3) is 0 Å². The highest BCUT2D eigenvalue weighted by Crippen LogP contribution is 2.32. The van der Waals surface area contributed by atoms with Crippen LogP contribution in [0.3, 0.4) is 0 Å². The molecule has 1 aliphatic rings. The Kier molecular flexibility index (Phi) is 4.67. The van der Waals surface area contributed by atoms with Crippen LogP contribution in [0.4, 0.5) is 28.9 Å². The molecule has 0 radical (unpaired) electrons. The maximum Gasteiger partial charge on any atom is 0.416 e. The fourth-order valence-corrected chi connectivity index (χ4v) is 2.77. The molecule has 136 valence electrons. The standard InChI is InChI=1S/C18H14F4N2O2/c19-12-3-5-13(6-4-12)23-16(25)15-9-10-24(17(15)26)14-7-1-11(2-8-14)18(20,21)22/h1-8,15H,9-10H2,(H,23,25). The van der Waals surface area contributed by atoms with E-state index >= 15 is 0 Å². The number of benzene rings is 2. The Bertz CT molecular complexity index is 817. The monoisotopic (exact) mass is 366 g/mol. The van der Waals surface area contributed by atoms with Gasteiger partial charge in [-0.05, 0) is 55.0 Å². The molecular formula is C18H14F4N2O2. The summed E-state index contributed by atoms with van der Waals surface area (Å²) in [6.45, 7) is 0.228. The lowest BCUT2D eigenvalue weighted by Crippen LogP contribution is -2.33. The van der Waals surface area contributed by atoms with Gasteiger partial charge in [-0.2, -0.15) is 13.2 Å². The number of hydrogen-bond donors (Lipinski definition) is 1. The molecule has 1 unspecified atom stereocenters. The lowest BCUT2D eigenvalue weighted by atomic mass is 10.1. The Morgan fingerprint density at radius 1 is 1.04 bits per heavy atom. The third-order valence-corrected chi connectivity index (χ3v) is 4.14. The van der Waals surface area contributed by atoms with Crippen molar-refractivity contribution in [1.82, 2.24) is 0 Å². The van der Waals surface area contributed by atoms with Gasteiger partial charge in [0.1, 0.15) is 11.7 Å². The minimum atomic E-state index is -4.45. The second-order valence-corrected chi connectivity index (χ2v) is 5.87. The van der Waals surface area contributed by atoms with Gasteiger partial charge in [-0.15, -0.1) is 0 Å². The van der Waals surface area contributed by atoms with E-state index in [1.54, 1.807) is 0 Å². The Balaban J connectivity index is 1.69. The number of carbonyl (C=O) groups is 2. The first-order valence-electron chi connectivity index (χ1n) is 7.81. The fraction of sp³-hybridized carbons (Fsp3) is 0.222. The van der Waals surface area contributed by atoms with Crippen LogP contribution >= 0.6 is 0 Å². The van der Waals surface area contributed by atoms with Gasteiger partial charge in [-0.1, -0.05) is 0 Å². The quantitative estimate of drug-likeness (QED) is 0.663. The molecule has 0 saturated carbocycles. The summed E-state index contributed by atoms with van der Waals surface area (Å²) < 4.78 is 50.7. The van der Waals surface area contributed by atoms with E-state index in [9.17, 15) is 27.2 Å². The van der Waals surface area contributed by atoms with Gasteiger partial charge in [0.2, 0.25) is 11.8 Å². The molecular weight excluding hydrogens is 352 g/mol. The van der Waals surface area contributed by atoms with Gasteiger partial charge in [0, 0.05) is 17.9 Å². The second-order valence-electron chi connectivity index (χ2n) is 5.87. The Morgan fingerprint density at radius 3 is 2.23 bits per heavy atom. The Labute approximate surface area is 146 Å². The molecule has 1 heterocycles. The highest BCUT2D eigenvalue weighted by atomic mass is 19.4. The summed E-state index contributed by atoms with van der Waals surface area (Å²) in [5.41, 5.74) is -0.143. The molecule has 1 atom stereocenters. The molecule has 8 heteroatoms. The van der Waals surface area contributed by atoms with E-state index in [-0.39, 0.29) is 13.0 Å². The minimum absolute atomic E-state index is 0.228. The summed E-state index contributed by atoms with van der Waals surface area (Å²) in [7, 11) is 0. The van der Waals surface area contributed by atoms with E-state index in [4.69, 9.17) is 0 Å². The van der Waals surface area contributed by atoms with Crippen LogP contribution < -0.4 is 10.2 Å². The SMILES string of the molecule is O=C(Nc1ccc(F)cc1)C1CCN(c2ccc(C(F)(F)F)cc2)C1=O. The largest absolute Gasteiger partial charge is 0.416 e. The van der Waals surface area contributed by atoms with Gasteiger partial charge in [0.15, 0.2) is 0 Å². The van der Waals surface area contributed by atoms with Crippen LogP contribution in [-0.4, -0.2) is 18.4 Å². The van der Waals surface area contributed by atoms with Crippen molar-refractivity contribution in [3.8, 4) is 0 Å². The van der Waals surface area contributed by atoms with E-state index < -0.39 is 35.3 Å². The van der Waals surface area contributed by atoms with Gasteiger partial charge in [-0.3, -0.25) is 9.59 Å². The van der Waals surface area contributed by atoms with E-state index in [2.05, 4.69) is 5.32 Å². The summed E-state index contributed by atoms with van der Waals surface area (Å²) in [4.78, 5) is 26.0. The molecule has 0 spiro atoms. The first-order valence-corrected chi connectivity index (χ1v) is 7.81. The second kappa shape index (κ2) is 6.78. The molecule has 1 aliphatic heterocycles. The molecule has 1 saturated heterocycles. The zero-order valence-electron chi connectivity index (χ0n) is 13.4. The van der Waals surface area contributed by atoms with Crippen LogP contribution in [0, 0.1) is 11.7 Å². The number of amides is 2. The molecule has 2 aromatic carbocycles. The third kappa shape index (κ3) is 3.68. The topological polar surface area (TPSA) is 49.4 Å². The Morgan fingerprint density at radius 2 is 1.65 bits per heavy atom. The first-order chi connectivity index (χ1) is 12.3. The van der Waals surface area contributed by atoms with Gasteiger partial charge < -0.3 is 10.2 Å². The zero-order valence-corrected chi connectivity index (χ0v) is 13.4. The van der Waals surface area contributed by atoms with Crippen molar-refractivity contribution in [2.45, 2.75) is 12.6 Å². The number of hydrogen-bond acceptors (Lipinski definition) is 2. The van der Waals surface area contributed by atoms with Crippen LogP contribution in [0.5, 0.6) is 0 Å². The van der Waals surface area contributed by atoms with Crippen molar-refractivity contribution in [3.05, 3.63) is 59.9 Å². The predicted octanol–water partition coefficient (Wildman–Crippen LogP) is 3.84. The molecule has 4 nitrogen and oxygen atoms in total. The molecule has 1 N–H and O–H groups in total. The number of carbonyl (C=O) groups excluding carboxylic acids is 2. The minimum Gasteiger partial charge on any atom is -0.325 e. The lowest BCUT2D eigenvalue weighted by Gasteiger charge is -2.17. The molecule has 3 rings (SSSR count). The highest BCUT2D eigenvalue weighted by Gasteiger charge is 2.38. The molecule has 0 aliphatic carbocycles. The zero-order chi connectivity index (χ0) is 18.9. The first kappa shape index (κ1) is 17.9. The van der Waals surface area contributed by atoms with Gasteiger partial charge >= 0.3 is 6.18 Å². The van der Waals surface area contributed by atoms with Gasteiger partial charge in [0.25, 0.3) is 0 Å². The molecule has 0 bridgehead atoms. The Hall–Kier alpha value is -2.90. The average Bonchev–Trinajstić information content (AvgIpc) is 2.98. The van der Waals surface area contributed by atoms with Crippen LogP contribution in [-0.2, 0) is 15.8 Å². The van der Waals surface area contributed by atoms with Crippen molar-refractivity contribution < 1.29 is 27.2 Å². The maximum absolute atomic E-state index is 12.9. The van der Waals surface area contributed by atoms with Crippen molar-refractivity contribution >= 4 is 23.2 Å². The number of alkyl halides is 3. The van der Waals surface area contributed by atoms with E-state index in [1.807, 2.05) is 0 Å². The van der Waals surface area contributed by atoms with E-state index in [0.29, 0.717) is 11.4 Å². The smallest absolute Gasteiger partial charge is 0.325 e. The summed E-state index contributed by atoms with van der Waals surface area (Å²) in [5, 5.41) is 2.54. The maximum atomic E-state index is 12.9. The molecule has 2 amide bonds. The van der Waals surface area contributed by atoms with E-state index in [1.165, 1.54) is 41.3 Å². The van der Waals surface area contributed by atoms with Crippen LogP contribution in [0.15, 0.2) is 48.5 Å². The van der Waals surface area contributed by atoms with Gasteiger partial charge in [0.05, 0.1) is 5.56 Å². The number of halogens is 4. The summed E-state index contributed by atoms with van der Waals surface area (Å²) in [5.74, 6) is -2.41. The molecule has 2 aromatic rings. The number of nitrogens with zero attached hydrogens (tertiary/aromatic N) is 1. The van der Waals surface area contributed by atoms with Gasteiger partial charge in [-0.25, -0.2) is 4.39 Å². The van der Waals surface area contributed by atoms with E-state index in [0.717, 1.165) is 12.1 Å². The third-order valence-electron chi connectivity index (χ3n) is 4.14. The van der Waals surface area contributed by atoms with Crippen molar-refractivity contribution in [2.24, 2.45) is 5.92 Å². The van der Waals surface area contributed by atoms with Crippen molar-refractivity contribution in [2.75, 3.05) is 16.8 Å². The summed E-state index contributed by atoms with van der Waals surface area (Å²) in [6.07, 6.45) is -4.21. The fourth-order valence-electron chi connectivity index (χ4n) is 2.77. The normalized spacial score (nSPS) is 17.5. The average molecular weight is 366 g/mol. The lowest BCUT2D eigenvalue weighted by molar-refractivity contribution is -0.137. The molecule has 26 heavy (non-hydrogen) atoms. The number of rotatable bonds is 3. The van der Waals surface area contributed by atoms with Crippen molar-refractivity contribution in [3.63, 3.8) is 0 Å². The highest BCUT2D eigenvalue weighted by molar-refractivity contribution is 6.13. The molecule has 0 aromatic heterocycles. The number of nitrogens with one attached hydrogen (secondary N) is 1. The summed E-state index contributed by atoms with van der Waals surface area (Å²) in [6, 6.07) is 9.33. The number of anilines is 2.